The summed E-state index contributed by atoms with van der Waals surface area (Å²) in [5.41, 5.74) is 9.15. The van der Waals surface area contributed by atoms with Crippen molar-refractivity contribution in [1.82, 2.24) is 25.1 Å². The van der Waals surface area contributed by atoms with Crippen molar-refractivity contribution in [3.8, 4) is 5.75 Å². The van der Waals surface area contributed by atoms with E-state index >= 15 is 0 Å². The Morgan fingerprint density at radius 2 is 1.59 bits per heavy atom. The van der Waals surface area contributed by atoms with E-state index in [0.717, 1.165) is 25.9 Å². The molecule has 0 radical (unpaired) electrons. The van der Waals surface area contributed by atoms with E-state index in [9.17, 15) is 0 Å². The number of nitrogens with two attached hydrogens (primary N) is 1. The van der Waals surface area contributed by atoms with Crippen molar-refractivity contribution in [1.29, 1.82) is 0 Å². The van der Waals surface area contributed by atoms with Crippen molar-refractivity contribution in [2.24, 2.45) is 0 Å². The molecule has 0 spiro atoms. The van der Waals surface area contributed by atoms with Crippen molar-refractivity contribution in [3.63, 3.8) is 0 Å². The minimum absolute atomic E-state index is 0.179. The van der Waals surface area contributed by atoms with E-state index in [-0.39, 0.29) is 5.95 Å². The molecule has 0 unspecified atom stereocenters. The summed E-state index contributed by atoms with van der Waals surface area (Å²) in [5, 5.41) is 11.7. The van der Waals surface area contributed by atoms with Crippen molar-refractivity contribution in [2.45, 2.75) is 27.1 Å². The van der Waals surface area contributed by atoms with E-state index in [1.165, 1.54) is 22.9 Å². The summed E-state index contributed by atoms with van der Waals surface area (Å²) < 4.78 is 6.96. The third-order valence-electron chi connectivity index (χ3n) is 4.24. The van der Waals surface area contributed by atoms with Crippen molar-refractivity contribution in [3.05, 3.63) is 65.5 Å². The average Bonchev–Trinajstić information content (AvgIpc) is 3.26. The molecule has 0 saturated heterocycles. The SMILES string of the molecule is COc1ccc(CSc2nnc(SCc3nc(N)nc(Nc4ccc(C)cc4)n3)s2)cc1. The van der Waals surface area contributed by atoms with Crippen LogP contribution in [0, 0.1) is 6.92 Å². The molecule has 4 aromatic rings. The highest BCUT2D eigenvalue weighted by Gasteiger charge is 2.10. The summed E-state index contributed by atoms with van der Waals surface area (Å²) in [7, 11) is 1.66. The molecular weight excluding hydrogens is 462 g/mol. The largest absolute Gasteiger partial charge is 0.497 e. The number of aryl methyl sites for hydroxylation is 1. The van der Waals surface area contributed by atoms with Crippen LogP contribution in [-0.4, -0.2) is 32.3 Å². The molecule has 2 aromatic heterocycles. The number of nitrogens with zero attached hydrogens (tertiary/aromatic N) is 5. The fraction of sp³-hybridized carbons (Fsp3) is 0.190. The topological polar surface area (TPSA) is 112 Å². The first-order chi connectivity index (χ1) is 15.6. The highest BCUT2D eigenvalue weighted by molar-refractivity contribution is 8.02. The summed E-state index contributed by atoms with van der Waals surface area (Å²) in [6.07, 6.45) is 0. The Hall–Kier alpha value is -2.89. The number of thioether (sulfide) groups is 2. The fourth-order valence-corrected chi connectivity index (χ4v) is 5.46. The van der Waals surface area contributed by atoms with Gasteiger partial charge in [0.25, 0.3) is 0 Å². The molecule has 0 aliphatic carbocycles. The van der Waals surface area contributed by atoms with E-state index in [1.807, 2.05) is 43.3 Å². The third-order valence-corrected chi connectivity index (χ3v) is 7.50. The Morgan fingerprint density at radius 1 is 0.906 bits per heavy atom. The maximum Gasteiger partial charge on any atom is 0.232 e. The Kier molecular flexibility index (Phi) is 7.40. The fourth-order valence-electron chi connectivity index (χ4n) is 2.63. The minimum Gasteiger partial charge on any atom is -0.497 e. The normalized spacial score (nSPS) is 10.8. The highest BCUT2D eigenvalue weighted by atomic mass is 32.2. The van der Waals surface area contributed by atoms with Crippen LogP contribution in [0.25, 0.3) is 0 Å². The van der Waals surface area contributed by atoms with Gasteiger partial charge in [0.1, 0.15) is 11.6 Å². The van der Waals surface area contributed by atoms with Crippen LogP contribution in [0.5, 0.6) is 5.75 Å². The number of hydrogen-bond donors (Lipinski definition) is 2. The molecule has 2 heterocycles. The van der Waals surface area contributed by atoms with Crippen molar-refractivity contribution >= 4 is 52.4 Å². The molecule has 0 aliphatic heterocycles. The van der Waals surface area contributed by atoms with Gasteiger partial charge >= 0.3 is 0 Å². The van der Waals surface area contributed by atoms with Crippen LogP contribution in [-0.2, 0) is 11.5 Å². The standard InChI is InChI=1S/C21H21N7OS3/c1-13-3-7-15(8-4-13)23-19-25-17(24-18(22)26-19)12-31-21-28-27-20(32-21)30-11-14-5-9-16(29-2)10-6-14/h3-10H,11-12H2,1-2H3,(H3,22,23,24,25,26). The van der Waals surface area contributed by atoms with Crippen LogP contribution in [0.1, 0.15) is 17.0 Å². The summed E-state index contributed by atoms with van der Waals surface area (Å²) in [6.45, 7) is 2.04. The van der Waals surface area contributed by atoms with E-state index in [2.05, 4.69) is 42.6 Å². The number of rotatable bonds is 9. The number of nitrogen functional groups attached to an aromatic ring is 1. The number of ether oxygens (including phenoxy) is 1. The summed E-state index contributed by atoms with van der Waals surface area (Å²) in [4.78, 5) is 12.9. The Morgan fingerprint density at radius 3 is 2.28 bits per heavy atom. The number of methoxy groups -OCH3 is 1. The molecular formula is C21H21N7OS3. The maximum absolute atomic E-state index is 5.88. The first kappa shape index (κ1) is 22.3. The number of nitrogens with one attached hydrogen (secondary N) is 1. The van der Waals surface area contributed by atoms with Gasteiger partial charge < -0.3 is 15.8 Å². The van der Waals surface area contributed by atoms with Crippen LogP contribution >= 0.6 is 34.9 Å². The molecule has 0 amide bonds. The van der Waals surface area contributed by atoms with Gasteiger partial charge in [-0.1, -0.05) is 64.7 Å². The van der Waals surface area contributed by atoms with Crippen molar-refractivity contribution < 1.29 is 4.74 Å². The van der Waals surface area contributed by atoms with Crippen LogP contribution in [0.15, 0.2) is 57.2 Å². The molecule has 164 valence electrons. The van der Waals surface area contributed by atoms with E-state index in [1.54, 1.807) is 30.2 Å². The second kappa shape index (κ2) is 10.6. The van der Waals surface area contributed by atoms with Gasteiger partial charge in [-0.05, 0) is 36.8 Å². The number of anilines is 3. The lowest BCUT2D eigenvalue weighted by Gasteiger charge is -2.07. The van der Waals surface area contributed by atoms with Gasteiger partial charge in [0, 0.05) is 11.4 Å². The van der Waals surface area contributed by atoms with Crippen LogP contribution in [0.3, 0.4) is 0 Å². The maximum atomic E-state index is 5.88. The lowest BCUT2D eigenvalue weighted by Crippen LogP contribution is -2.06. The molecule has 3 N–H and O–H groups in total. The molecule has 8 nitrogen and oxygen atoms in total. The summed E-state index contributed by atoms with van der Waals surface area (Å²) in [5.74, 6) is 3.38. The predicted octanol–water partition coefficient (Wildman–Crippen LogP) is 4.95. The molecule has 32 heavy (non-hydrogen) atoms. The zero-order valence-corrected chi connectivity index (χ0v) is 19.9. The molecule has 0 atom stereocenters. The van der Waals surface area contributed by atoms with Gasteiger partial charge in [-0.2, -0.15) is 15.0 Å². The molecule has 0 bridgehead atoms. The van der Waals surface area contributed by atoms with Crippen LogP contribution in [0.4, 0.5) is 17.6 Å². The molecule has 2 aromatic carbocycles. The second-order valence-electron chi connectivity index (χ2n) is 6.68. The lowest BCUT2D eigenvalue weighted by molar-refractivity contribution is 0.414. The lowest BCUT2D eigenvalue weighted by atomic mass is 10.2. The van der Waals surface area contributed by atoms with Gasteiger partial charge in [-0.3, -0.25) is 0 Å². The van der Waals surface area contributed by atoms with Gasteiger partial charge in [0.2, 0.25) is 11.9 Å². The van der Waals surface area contributed by atoms with Crippen LogP contribution < -0.4 is 15.8 Å². The minimum atomic E-state index is 0.179. The van der Waals surface area contributed by atoms with Gasteiger partial charge in [-0.25, -0.2) is 0 Å². The molecule has 0 fully saturated rings. The van der Waals surface area contributed by atoms with E-state index in [0.29, 0.717) is 17.5 Å². The van der Waals surface area contributed by atoms with E-state index < -0.39 is 0 Å². The quantitative estimate of drug-likeness (QED) is 0.317. The number of hydrogen-bond acceptors (Lipinski definition) is 11. The number of benzene rings is 2. The Labute approximate surface area is 198 Å². The first-order valence-electron chi connectivity index (χ1n) is 9.63. The average molecular weight is 484 g/mol. The smallest absolute Gasteiger partial charge is 0.232 e. The van der Waals surface area contributed by atoms with Gasteiger partial charge in [0.15, 0.2) is 8.68 Å². The Bertz CT molecular complexity index is 1170. The third kappa shape index (κ3) is 6.31. The van der Waals surface area contributed by atoms with Gasteiger partial charge in [0.05, 0.1) is 12.9 Å². The number of aromatic nitrogens is 5. The molecule has 0 aliphatic rings. The zero-order chi connectivity index (χ0) is 22.3. The second-order valence-corrected chi connectivity index (χ2v) is 10.1. The predicted molar refractivity (Wildman–Crippen MR) is 131 cm³/mol. The summed E-state index contributed by atoms with van der Waals surface area (Å²) >= 11 is 4.73. The van der Waals surface area contributed by atoms with Gasteiger partial charge in [-0.15, -0.1) is 10.2 Å². The molecule has 0 saturated carbocycles. The van der Waals surface area contributed by atoms with Crippen molar-refractivity contribution in [2.75, 3.05) is 18.2 Å². The van der Waals surface area contributed by atoms with E-state index in [4.69, 9.17) is 10.5 Å². The molecule has 11 heteroatoms. The zero-order valence-electron chi connectivity index (χ0n) is 17.5. The monoisotopic (exact) mass is 483 g/mol. The highest BCUT2D eigenvalue weighted by Crippen LogP contribution is 2.32. The summed E-state index contributed by atoms with van der Waals surface area (Å²) in [6, 6.07) is 16.0. The molecule has 4 rings (SSSR count). The van der Waals surface area contributed by atoms with Crippen LogP contribution in [0.2, 0.25) is 0 Å². The first-order valence-corrected chi connectivity index (χ1v) is 12.4. The Balaban J connectivity index is 1.32.